The molecular weight excluding hydrogens is 172 g/mol. The van der Waals surface area contributed by atoms with Crippen molar-refractivity contribution in [3.05, 3.63) is 36.4 Å². The normalized spacial score (nSPS) is 19.6. The van der Waals surface area contributed by atoms with Crippen LogP contribution >= 0.6 is 0 Å². The number of hydrogen-bond donors (Lipinski definition) is 0. The molecule has 0 aromatic heterocycles. The first-order valence-electron chi connectivity index (χ1n) is 5.13. The third-order valence-electron chi connectivity index (χ3n) is 2.58. The standard InChI is InChI=1S/C13H16O/c1-9(2)8-13-10(3)11-6-4-5-7-12(11)14-13/h4-7,9,13H,3,8H2,1-2H3. The van der Waals surface area contributed by atoms with Gasteiger partial charge in [-0.25, -0.2) is 0 Å². The fourth-order valence-corrected chi connectivity index (χ4v) is 1.85. The largest absolute Gasteiger partial charge is 0.485 e. The molecule has 1 aliphatic heterocycles. The maximum atomic E-state index is 5.83. The molecule has 14 heavy (non-hydrogen) atoms. The highest BCUT2D eigenvalue weighted by atomic mass is 16.5. The number of benzene rings is 1. The van der Waals surface area contributed by atoms with Gasteiger partial charge >= 0.3 is 0 Å². The Labute approximate surface area is 85.4 Å². The smallest absolute Gasteiger partial charge is 0.127 e. The van der Waals surface area contributed by atoms with Crippen LogP contribution in [-0.4, -0.2) is 6.10 Å². The van der Waals surface area contributed by atoms with Crippen molar-refractivity contribution in [2.75, 3.05) is 0 Å². The van der Waals surface area contributed by atoms with E-state index >= 15 is 0 Å². The first-order valence-corrected chi connectivity index (χ1v) is 5.13. The van der Waals surface area contributed by atoms with Crippen molar-refractivity contribution < 1.29 is 4.74 Å². The molecule has 74 valence electrons. The maximum Gasteiger partial charge on any atom is 0.127 e. The zero-order valence-corrected chi connectivity index (χ0v) is 8.79. The second kappa shape index (κ2) is 3.49. The average molecular weight is 188 g/mol. The summed E-state index contributed by atoms with van der Waals surface area (Å²) >= 11 is 0. The second-order valence-electron chi connectivity index (χ2n) is 4.26. The minimum Gasteiger partial charge on any atom is -0.485 e. The van der Waals surface area contributed by atoms with E-state index in [0.717, 1.165) is 17.7 Å². The zero-order chi connectivity index (χ0) is 10.1. The molecule has 0 radical (unpaired) electrons. The molecule has 0 fully saturated rings. The first kappa shape index (κ1) is 9.32. The molecule has 1 heterocycles. The summed E-state index contributed by atoms with van der Waals surface area (Å²) in [6.45, 7) is 8.52. The van der Waals surface area contributed by atoms with Crippen LogP contribution in [-0.2, 0) is 0 Å². The van der Waals surface area contributed by atoms with Crippen molar-refractivity contribution in [3.63, 3.8) is 0 Å². The fraction of sp³-hybridized carbons (Fsp3) is 0.385. The van der Waals surface area contributed by atoms with Crippen LogP contribution in [0.25, 0.3) is 5.57 Å². The van der Waals surface area contributed by atoms with Gasteiger partial charge in [-0.3, -0.25) is 0 Å². The van der Waals surface area contributed by atoms with Crippen molar-refractivity contribution in [2.24, 2.45) is 5.92 Å². The topological polar surface area (TPSA) is 9.23 Å². The Morgan fingerprint density at radius 3 is 2.71 bits per heavy atom. The third kappa shape index (κ3) is 1.54. The van der Waals surface area contributed by atoms with Crippen LogP contribution in [0.1, 0.15) is 25.8 Å². The molecule has 0 amide bonds. The Hall–Kier alpha value is -1.24. The summed E-state index contributed by atoms with van der Waals surface area (Å²) in [7, 11) is 0. The van der Waals surface area contributed by atoms with Gasteiger partial charge in [0, 0.05) is 5.56 Å². The van der Waals surface area contributed by atoms with Crippen LogP contribution in [0.2, 0.25) is 0 Å². The van der Waals surface area contributed by atoms with E-state index in [1.54, 1.807) is 0 Å². The van der Waals surface area contributed by atoms with E-state index in [-0.39, 0.29) is 6.10 Å². The summed E-state index contributed by atoms with van der Waals surface area (Å²) in [6.07, 6.45) is 1.24. The monoisotopic (exact) mass is 188 g/mol. The van der Waals surface area contributed by atoms with E-state index in [9.17, 15) is 0 Å². The molecule has 1 nitrogen and oxygen atoms in total. The predicted octanol–water partition coefficient (Wildman–Crippen LogP) is 3.51. The molecule has 1 heteroatoms. The van der Waals surface area contributed by atoms with Gasteiger partial charge in [-0.1, -0.05) is 38.6 Å². The Balaban J connectivity index is 2.21. The van der Waals surface area contributed by atoms with Gasteiger partial charge in [-0.15, -0.1) is 0 Å². The SMILES string of the molecule is C=C1c2ccccc2OC1CC(C)C. The molecule has 1 aliphatic rings. The molecular formula is C13H16O. The van der Waals surface area contributed by atoms with Crippen molar-refractivity contribution in [3.8, 4) is 5.75 Å². The van der Waals surface area contributed by atoms with Crippen LogP contribution in [0, 0.1) is 5.92 Å². The molecule has 2 rings (SSSR count). The van der Waals surface area contributed by atoms with Crippen LogP contribution in [0.5, 0.6) is 5.75 Å². The van der Waals surface area contributed by atoms with E-state index in [2.05, 4.69) is 26.5 Å². The Bertz CT molecular complexity index is 352. The summed E-state index contributed by atoms with van der Waals surface area (Å²) in [4.78, 5) is 0. The Morgan fingerprint density at radius 2 is 2.07 bits per heavy atom. The van der Waals surface area contributed by atoms with Crippen molar-refractivity contribution in [2.45, 2.75) is 26.4 Å². The Kier molecular flexibility index (Phi) is 2.32. The molecule has 0 N–H and O–H groups in total. The Morgan fingerprint density at radius 1 is 1.36 bits per heavy atom. The van der Waals surface area contributed by atoms with Gasteiger partial charge < -0.3 is 4.74 Å². The molecule has 0 saturated carbocycles. The highest BCUT2D eigenvalue weighted by Crippen LogP contribution is 2.38. The summed E-state index contributed by atoms with van der Waals surface area (Å²) in [5, 5.41) is 0. The van der Waals surface area contributed by atoms with E-state index in [0.29, 0.717) is 5.92 Å². The number of rotatable bonds is 2. The molecule has 1 atom stereocenters. The zero-order valence-electron chi connectivity index (χ0n) is 8.79. The van der Waals surface area contributed by atoms with Crippen LogP contribution < -0.4 is 4.74 Å². The van der Waals surface area contributed by atoms with Crippen molar-refractivity contribution >= 4 is 5.57 Å². The molecule has 1 aromatic rings. The summed E-state index contributed by atoms with van der Waals surface area (Å²) < 4.78 is 5.83. The summed E-state index contributed by atoms with van der Waals surface area (Å²) in [6, 6.07) is 8.13. The molecule has 0 saturated heterocycles. The summed E-state index contributed by atoms with van der Waals surface area (Å²) in [5.74, 6) is 1.63. The highest BCUT2D eigenvalue weighted by molar-refractivity contribution is 5.75. The lowest BCUT2D eigenvalue weighted by Gasteiger charge is -2.13. The predicted molar refractivity (Wildman–Crippen MR) is 59.3 cm³/mol. The van der Waals surface area contributed by atoms with E-state index < -0.39 is 0 Å². The van der Waals surface area contributed by atoms with Crippen molar-refractivity contribution in [1.29, 1.82) is 0 Å². The molecule has 0 bridgehead atoms. The first-order chi connectivity index (χ1) is 6.68. The van der Waals surface area contributed by atoms with Crippen LogP contribution in [0.4, 0.5) is 0 Å². The van der Waals surface area contributed by atoms with Gasteiger partial charge in [0.05, 0.1) is 0 Å². The van der Waals surface area contributed by atoms with Crippen LogP contribution in [0.3, 0.4) is 0 Å². The van der Waals surface area contributed by atoms with Gasteiger partial charge in [-0.05, 0) is 24.0 Å². The van der Waals surface area contributed by atoms with Gasteiger partial charge in [0.25, 0.3) is 0 Å². The molecule has 1 aromatic carbocycles. The highest BCUT2D eigenvalue weighted by Gasteiger charge is 2.26. The minimum absolute atomic E-state index is 0.187. The van der Waals surface area contributed by atoms with Gasteiger partial charge in [0.2, 0.25) is 0 Å². The van der Waals surface area contributed by atoms with Gasteiger partial charge in [0.15, 0.2) is 0 Å². The van der Waals surface area contributed by atoms with E-state index in [1.807, 2.05) is 18.2 Å². The fourth-order valence-electron chi connectivity index (χ4n) is 1.85. The molecule has 1 unspecified atom stereocenters. The average Bonchev–Trinajstić information content (AvgIpc) is 2.44. The third-order valence-corrected chi connectivity index (χ3v) is 2.58. The molecule has 0 aliphatic carbocycles. The van der Waals surface area contributed by atoms with E-state index in [4.69, 9.17) is 4.74 Å². The number of para-hydroxylation sites is 1. The lowest BCUT2D eigenvalue weighted by atomic mass is 9.98. The van der Waals surface area contributed by atoms with Gasteiger partial charge in [-0.2, -0.15) is 0 Å². The maximum absolute atomic E-state index is 5.83. The minimum atomic E-state index is 0.187. The lowest BCUT2D eigenvalue weighted by molar-refractivity contribution is 0.244. The molecule has 0 spiro atoms. The van der Waals surface area contributed by atoms with Gasteiger partial charge in [0.1, 0.15) is 11.9 Å². The van der Waals surface area contributed by atoms with Crippen LogP contribution in [0.15, 0.2) is 30.8 Å². The second-order valence-corrected chi connectivity index (χ2v) is 4.26. The summed E-state index contributed by atoms with van der Waals surface area (Å²) in [5.41, 5.74) is 2.31. The number of hydrogen-bond acceptors (Lipinski definition) is 1. The van der Waals surface area contributed by atoms with Crippen molar-refractivity contribution in [1.82, 2.24) is 0 Å². The van der Waals surface area contributed by atoms with E-state index in [1.165, 1.54) is 5.56 Å². The number of fused-ring (bicyclic) bond motifs is 1. The quantitative estimate of drug-likeness (QED) is 0.690. The lowest BCUT2D eigenvalue weighted by Crippen LogP contribution is -2.14. The number of ether oxygens (including phenoxy) is 1.